The second kappa shape index (κ2) is 4.99. The number of nitrogens with zero attached hydrogens (tertiary/aromatic N) is 4. The van der Waals surface area contributed by atoms with Crippen molar-refractivity contribution in [3.63, 3.8) is 0 Å². The van der Waals surface area contributed by atoms with E-state index in [1.165, 1.54) is 0 Å². The first kappa shape index (κ1) is 14.1. The van der Waals surface area contributed by atoms with Gasteiger partial charge in [0, 0.05) is 26.4 Å². The van der Waals surface area contributed by atoms with Crippen LogP contribution >= 0.6 is 0 Å². The highest BCUT2D eigenvalue weighted by molar-refractivity contribution is 5.92. The van der Waals surface area contributed by atoms with E-state index in [0.717, 1.165) is 7.05 Å². The molecule has 1 amide bonds. The van der Waals surface area contributed by atoms with Crippen molar-refractivity contribution < 1.29 is 18.0 Å². The van der Waals surface area contributed by atoms with Crippen LogP contribution in [0.1, 0.15) is 21.9 Å². The molecule has 0 atom stereocenters. The predicted octanol–water partition coefficient (Wildman–Crippen LogP) is 1.10. The number of carbonyl (C=O) groups excluding carboxylic acids is 1. The van der Waals surface area contributed by atoms with E-state index < -0.39 is 17.8 Å². The third-order valence-corrected chi connectivity index (χ3v) is 2.60. The van der Waals surface area contributed by atoms with Crippen molar-refractivity contribution in [1.29, 1.82) is 0 Å². The number of carbonyl (C=O) groups is 1. The highest BCUT2D eigenvalue weighted by Crippen LogP contribution is 2.29. The molecule has 0 unspecified atom stereocenters. The summed E-state index contributed by atoms with van der Waals surface area (Å²) in [4.78, 5) is 11.7. The number of hydrogen-bond donors (Lipinski definition) is 1. The summed E-state index contributed by atoms with van der Waals surface area (Å²) in [5.74, 6) is -0.679. The molecule has 0 bridgehead atoms. The van der Waals surface area contributed by atoms with Crippen molar-refractivity contribution in [1.82, 2.24) is 24.9 Å². The molecular formula is C11H12F3N5O. The van der Waals surface area contributed by atoms with E-state index in [4.69, 9.17) is 0 Å². The van der Waals surface area contributed by atoms with Gasteiger partial charge >= 0.3 is 6.18 Å². The Kier molecular flexibility index (Phi) is 3.51. The molecule has 0 fully saturated rings. The van der Waals surface area contributed by atoms with Crippen LogP contribution in [0.25, 0.3) is 0 Å². The third-order valence-electron chi connectivity index (χ3n) is 2.60. The lowest BCUT2D eigenvalue weighted by Gasteiger charge is -2.04. The topological polar surface area (TPSA) is 64.7 Å². The zero-order chi connectivity index (χ0) is 14.9. The van der Waals surface area contributed by atoms with Crippen LogP contribution in [0.15, 0.2) is 18.3 Å². The van der Waals surface area contributed by atoms with E-state index in [1.807, 2.05) is 0 Å². The molecule has 0 aromatic carbocycles. The van der Waals surface area contributed by atoms with Crippen LogP contribution in [0.3, 0.4) is 0 Å². The number of hydrogen-bond acceptors (Lipinski definition) is 3. The minimum atomic E-state index is -4.54. The van der Waals surface area contributed by atoms with Crippen LogP contribution in [-0.4, -0.2) is 25.5 Å². The van der Waals surface area contributed by atoms with Gasteiger partial charge in [-0.05, 0) is 6.07 Å². The molecule has 0 spiro atoms. The summed E-state index contributed by atoms with van der Waals surface area (Å²) in [6, 6.07) is 2.41. The van der Waals surface area contributed by atoms with Crippen molar-refractivity contribution in [2.75, 3.05) is 0 Å². The lowest BCUT2D eigenvalue weighted by molar-refractivity contribution is -0.143. The molecule has 6 nitrogen and oxygen atoms in total. The average molecular weight is 287 g/mol. The maximum atomic E-state index is 12.6. The summed E-state index contributed by atoms with van der Waals surface area (Å²) in [6.45, 7) is 0.123. The average Bonchev–Trinajstić information content (AvgIpc) is 2.91. The van der Waals surface area contributed by atoms with E-state index in [-0.39, 0.29) is 12.2 Å². The van der Waals surface area contributed by atoms with Crippen LogP contribution in [0.2, 0.25) is 0 Å². The summed E-state index contributed by atoms with van der Waals surface area (Å²) in [5, 5.41) is 10.1. The molecule has 0 saturated heterocycles. The number of rotatable bonds is 3. The minimum absolute atomic E-state index is 0.123. The Morgan fingerprint density at radius 2 is 2.05 bits per heavy atom. The zero-order valence-electron chi connectivity index (χ0n) is 10.8. The molecule has 1 N–H and O–H groups in total. The Balaban J connectivity index is 2.06. The van der Waals surface area contributed by atoms with Crippen molar-refractivity contribution in [3.05, 3.63) is 35.4 Å². The second-order valence-electron chi connectivity index (χ2n) is 4.20. The molecule has 2 rings (SSSR count). The molecule has 0 saturated carbocycles. The van der Waals surface area contributed by atoms with E-state index >= 15 is 0 Å². The Labute approximate surface area is 112 Å². The molecule has 0 aliphatic rings. The van der Waals surface area contributed by atoms with Gasteiger partial charge in [-0.1, -0.05) is 0 Å². The number of amides is 1. The van der Waals surface area contributed by atoms with Gasteiger partial charge < -0.3 is 5.32 Å². The first-order valence-electron chi connectivity index (χ1n) is 5.65. The van der Waals surface area contributed by atoms with E-state index in [0.29, 0.717) is 16.4 Å². The molecule has 0 aliphatic carbocycles. The molecule has 9 heteroatoms. The summed E-state index contributed by atoms with van der Waals surface area (Å²) in [6.07, 6.45) is -2.84. The molecule has 2 aromatic heterocycles. The summed E-state index contributed by atoms with van der Waals surface area (Å²) >= 11 is 0. The first-order chi connectivity index (χ1) is 9.27. The number of aromatic nitrogens is 4. The molecular weight excluding hydrogens is 275 g/mol. The number of alkyl halides is 3. The molecule has 20 heavy (non-hydrogen) atoms. The van der Waals surface area contributed by atoms with E-state index in [1.54, 1.807) is 24.0 Å². The number of nitrogens with one attached hydrogen (secondary N) is 1. The number of aryl methyl sites for hydroxylation is 2. The number of halogens is 3. The Morgan fingerprint density at radius 3 is 2.55 bits per heavy atom. The Bertz CT molecular complexity index is 628. The van der Waals surface area contributed by atoms with Gasteiger partial charge in [-0.2, -0.15) is 23.4 Å². The first-order valence-corrected chi connectivity index (χ1v) is 5.65. The lowest BCUT2D eigenvalue weighted by atomic mass is 10.3. The summed E-state index contributed by atoms with van der Waals surface area (Å²) < 4.78 is 39.9. The highest BCUT2D eigenvalue weighted by Gasteiger charge is 2.35. The second-order valence-corrected chi connectivity index (χ2v) is 4.20. The van der Waals surface area contributed by atoms with Crippen LogP contribution < -0.4 is 5.32 Å². The SMILES string of the molecule is Cn1ccc(CNC(=O)c2cc(C(F)(F)F)n(C)n2)n1. The summed E-state index contributed by atoms with van der Waals surface area (Å²) in [5.41, 5.74) is -0.649. The third kappa shape index (κ3) is 2.98. The monoisotopic (exact) mass is 287 g/mol. The van der Waals surface area contributed by atoms with E-state index in [9.17, 15) is 18.0 Å². The fourth-order valence-electron chi connectivity index (χ4n) is 1.66. The van der Waals surface area contributed by atoms with Crippen molar-refractivity contribution in [2.24, 2.45) is 14.1 Å². The molecule has 0 aliphatic heterocycles. The van der Waals surface area contributed by atoms with E-state index in [2.05, 4.69) is 15.5 Å². The predicted molar refractivity (Wildman–Crippen MR) is 62.6 cm³/mol. The van der Waals surface area contributed by atoms with Gasteiger partial charge in [-0.3, -0.25) is 14.2 Å². The minimum Gasteiger partial charge on any atom is -0.345 e. The van der Waals surface area contributed by atoms with Crippen molar-refractivity contribution in [3.8, 4) is 0 Å². The molecule has 2 aromatic rings. The standard InChI is InChI=1S/C11H12F3N5O/c1-18-4-3-7(16-18)6-15-10(20)8-5-9(11(12,13)14)19(2)17-8/h3-5H,6H2,1-2H3,(H,15,20). The molecule has 108 valence electrons. The van der Waals surface area contributed by atoms with Crippen LogP contribution in [0.5, 0.6) is 0 Å². The molecule has 2 heterocycles. The normalized spacial score (nSPS) is 11.7. The van der Waals surface area contributed by atoms with Crippen LogP contribution in [0, 0.1) is 0 Å². The zero-order valence-corrected chi connectivity index (χ0v) is 10.8. The van der Waals surface area contributed by atoms with Gasteiger partial charge in [0.15, 0.2) is 5.69 Å². The van der Waals surface area contributed by atoms with Crippen molar-refractivity contribution in [2.45, 2.75) is 12.7 Å². The van der Waals surface area contributed by atoms with Gasteiger partial charge in [-0.15, -0.1) is 0 Å². The van der Waals surface area contributed by atoms with Gasteiger partial charge in [0.25, 0.3) is 5.91 Å². The van der Waals surface area contributed by atoms with Gasteiger partial charge in [0.05, 0.1) is 12.2 Å². The fourth-order valence-corrected chi connectivity index (χ4v) is 1.66. The van der Waals surface area contributed by atoms with Crippen molar-refractivity contribution >= 4 is 5.91 Å². The van der Waals surface area contributed by atoms with Crippen LogP contribution in [-0.2, 0) is 26.8 Å². The lowest BCUT2D eigenvalue weighted by Crippen LogP contribution is -2.23. The largest absolute Gasteiger partial charge is 0.433 e. The Morgan fingerprint density at radius 1 is 1.35 bits per heavy atom. The maximum Gasteiger partial charge on any atom is 0.433 e. The highest BCUT2D eigenvalue weighted by atomic mass is 19.4. The Hall–Kier alpha value is -2.32. The fraction of sp³-hybridized carbons (Fsp3) is 0.364. The summed E-state index contributed by atoms with van der Waals surface area (Å²) in [7, 11) is 2.86. The quantitative estimate of drug-likeness (QED) is 0.919. The smallest absolute Gasteiger partial charge is 0.345 e. The van der Waals surface area contributed by atoms with Gasteiger partial charge in [0.1, 0.15) is 5.69 Å². The van der Waals surface area contributed by atoms with Crippen LogP contribution in [0.4, 0.5) is 13.2 Å². The maximum absolute atomic E-state index is 12.6. The molecule has 0 radical (unpaired) electrons. The van der Waals surface area contributed by atoms with Gasteiger partial charge in [-0.25, -0.2) is 0 Å². The van der Waals surface area contributed by atoms with Gasteiger partial charge in [0.2, 0.25) is 0 Å².